The number of nitro groups is 1. The van der Waals surface area contributed by atoms with Crippen LogP contribution in [0.25, 0.3) is 11.3 Å². The van der Waals surface area contributed by atoms with Crippen molar-refractivity contribution in [1.29, 1.82) is 0 Å². The average Bonchev–Trinajstić information content (AvgIpc) is 2.47. The lowest BCUT2D eigenvalue weighted by Gasteiger charge is -2.10. The third-order valence-electron chi connectivity index (χ3n) is 2.79. The van der Waals surface area contributed by atoms with Gasteiger partial charge in [0.25, 0.3) is 5.69 Å². The Hall–Kier alpha value is -2.63. The molecule has 0 bridgehead atoms. The molecule has 6 heteroatoms. The zero-order valence-electron chi connectivity index (χ0n) is 11.3. The molecule has 1 heterocycles. The number of ether oxygens (including phenoxy) is 1. The van der Waals surface area contributed by atoms with E-state index in [0.717, 1.165) is 0 Å². The largest absolute Gasteiger partial charge is 0.496 e. The van der Waals surface area contributed by atoms with Gasteiger partial charge in [-0.3, -0.25) is 10.1 Å². The van der Waals surface area contributed by atoms with Crippen LogP contribution in [0.2, 0.25) is 0 Å². The van der Waals surface area contributed by atoms with Crippen LogP contribution in [0.1, 0.15) is 6.92 Å². The molecule has 2 rings (SSSR count). The number of nitrogens with zero attached hydrogens (tertiary/aromatic N) is 2. The van der Waals surface area contributed by atoms with Crippen LogP contribution in [0.5, 0.6) is 5.75 Å². The number of anilines is 1. The second-order valence-corrected chi connectivity index (χ2v) is 4.05. The fraction of sp³-hybridized carbons (Fsp3) is 0.214. The minimum absolute atomic E-state index is 0.0452. The number of pyridine rings is 1. The van der Waals surface area contributed by atoms with E-state index in [1.807, 2.05) is 13.0 Å². The van der Waals surface area contributed by atoms with Gasteiger partial charge in [0.1, 0.15) is 11.6 Å². The van der Waals surface area contributed by atoms with Crippen LogP contribution in [0.3, 0.4) is 0 Å². The maximum Gasteiger partial charge on any atom is 0.295 e. The molecule has 2 aromatic rings. The van der Waals surface area contributed by atoms with E-state index in [1.54, 1.807) is 24.3 Å². The van der Waals surface area contributed by atoms with Crippen molar-refractivity contribution in [1.82, 2.24) is 4.98 Å². The first-order valence-corrected chi connectivity index (χ1v) is 6.20. The molecule has 0 amide bonds. The summed E-state index contributed by atoms with van der Waals surface area (Å²) < 4.78 is 5.25. The molecule has 104 valence electrons. The molecule has 0 aliphatic heterocycles. The molecule has 6 nitrogen and oxygen atoms in total. The van der Waals surface area contributed by atoms with Crippen LogP contribution >= 0.6 is 0 Å². The van der Waals surface area contributed by atoms with E-state index in [9.17, 15) is 10.1 Å². The van der Waals surface area contributed by atoms with E-state index in [4.69, 9.17) is 4.74 Å². The molecule has 1 aromatic heterocycles. The van der Waals surface area contributed by atoms with Gasteiger partial charge in [-0.15, -0.1) is 0 Å². The first-order valence-electron chi connectivity index (χ1n) is 6.20. The molecule has 0 spiro atoms. The van der Waals surface area contributed by atoms with Crippen molar-refractivity contribution < 1.29 is 9.66 Å². The van der Waals surface area contributed by atoms with Crippen molar-refractivity contribution >= 4 is 11.5 Å². The highest BCUT2D eigenvalue weighted by molar-refractivity contribution is 5.76. The number of hydrogen-bond donors (Lipinski definition) is 1. The third kappa shape index (κ3) is 2.69. The number of rotatable bonds is 5. The Morgan fingerprint density at radius 2 is 2.05 bits per heavy atom. The molecule has 0 fully saturated rings. The zero-order chi connectivity index (χ0) is 14.5. The summed E-state index contributed by atoms with van der Waals surface area (Å²) in [4.78, 5) is 15.1. The highest BCUT2D eigenvalue weighted by Crippen LogP contribution is 2.35. The molecule has 0 unspecified atom stereocenters. The summed E-state index contributed by atoms with van der Waals surface area (Å²) in [6.07, 6.45) is 0. The van der Waals surface area contributed by atoms with Crippen LogP contribution in [0, 0.1) is 10.1 Å². The average molecular weight is 273 g/mol. The third-order valence-corrected chi connectivity index (χ3v) is 2.79. The van der Waals surface area contributed by atoms with Gasteiger partial charge < -0.3 is 10.1 Å². The minimum atomic E-state index is -0.440. The van der Waals surface area contributed by atoms with Gasteiger partial charge in [0, 0.05) is 18.2 Å². The maximum atomic E-state index is 11.2. The molecular weight excluding hydrogens is 258 g/mol. The zero-order valence-corrected chi connectivity index (χ0v) is 11.3. The van der Waals surface area contributed by atoms with Crippen molar-refractivity contribution in [2.75, 3.05) is 19.0 Å². The van der Waals surface area contributed by atoms with Gasteiger partial charge in [0.15, 0.2) is 5.69 Å². The fourth-order valence-corrected chi connectivity index (χ4v) is 1.92. The van der Waals surface area contributed by atoms with E-state index < -0.39 is 4.92 Å². The van der Waals surface area contributed by atoms with Gasteiger partial charge in [-0.05, 0) is 25.1 Å². The molecule has 20 heavy (non-hydrogen) atoms. The fourth-order valence-electron chi connectivity index (χ4n) is 1.92. The van der Waals surface area contributed by atoms with E-state index in [-0.39, 0.29) is 5.69 Å². The molecule has 0 saturated carbocycles. The molecular formula is C14H15N3O3. The summed E-state index contributed by atoms with van der Waals surface area (Å²) >= 11 is 0. The van der Waals surface area contributed by atoms with Gasteiger partial charge in [-0.1, -0.05) is 12.1 Å². The van der Waals surface area contributed by atoms with Gasteiger partial charge in [-0.25, -0.2) is 4.98 Å². The Labute approximate surface area is 116 Å². The predicted molar refractivity (Wildman–Crippen MR) is 77.0 cm³/mol. The molecule has 0 radical (unpaired) electrons. The van der Waals surface area contributed by atoms with E-state index in [2.05, 4.69) is 10.3 Å². The van der Waals surface area contributed by atoms with Crippen LogP contribution in [-0.4, -0.2) is 23.6 Å². The van der Waals surface area contributed by atoms with Gasteiger partial charge in [-0.2, -0.15) is 0 Å². The predicted octanol–water partition coefficient (Wildman–Crippen LogP) is 3.10. The van der Waals surface area contributed by atoms with Crippen LogP contribution < -0.4 is 10.1 Å². The number of methoxy groups -OCH3 is 1. The second-order valence-electron chi connectivity index (χ2n) is 4.05. The summed E-state index contributed by atoms with van der Waals surface area (Å²) in [6, 6.07) is 10.2. The quantitative estimate of drug-likeness (QED) is 0.669. The Morgan fingerprint density at radius 3 is 2.70 bits per heavy atom. The smallest absolute Gasteiger partial charge is 0.295 e. The lowest BCUT2D eigenvalue weighted by Crippen LogP contribution is -2.02. The van der Waals surface area contributed by atoms with Crippen molar-refractivity contribution in [3.05, 3.63) is 46.5 Å². The van der Waals surface area contributed by atoms with Crippen LogP contribution in [0.15, 0.2) is 36.4 Å². The molecule has 0 aliphatic carbocycles. The summed E-state index contributed by atoms with van der Waals surface area (Å²) in [5.74, 6) is 1.15. The number of nitrogens with one attached hydrogen (secondary N) is 1. The number of aromatic nitrogens is 1. The Kier molecular flexibility index (Phi) is 4.14. The minimum Gasteiger partial charge on any atom is -0.496 e. The summed E-state index contributed by atoms with van der Waals surface area (Å²) in [7, 11) is 1.53. The lowest BCUT2D eigenvalue weighted by molar-refractivity contribution is -0.384. The molecule has 1 aromatic carbocycles. The molecule has 0 saturated heterocycles. The van der Waals surface area contributed by atoms with Crippen LogP contribution in [-0.2, 0) is 0 Å². The Balaban J connectivity index is 2.62. The van der Waals surface area contributed by atoms with E-state index >= 15 is 0 Å². The SMILES string of the molecule is CCNc1ccc([N+](=O)[O-])c(-c2ccccc2OC)n1. The first kappa shape index (κ1) is 13.8. The molecule has 1 N–H and O–H groups in total. The standard InChI is InChI=1S/C14H15N3O3/c1-3-15-13-9-8-11(17(18)19)14(16-13)10-6-4-5-7-12(10)20-2/h4-9H,3H2,1-2H3,(H,15,16). The van der Waals surface area contributed by atoms with Gasteiger partial charge >= 0.3 is 0 Å². The Morgan fingerprint density at radius 1 is 1.30 bits per heavy atom. The van der Waals surface area contributed by atoms with E-state index in [1.165, 1.54) is 13.2 Å². The van der Waals surface area contributed by atoms with Crippen molar-refractivity contribution in [3.8, 4) is 17.0 Å². The number of hydrogen-bond acceptors (Lipinski definition) is 5. The van der Waals surface area contributed by atoms with Crippen LogP contribution in [0.4, 0.5) is 11.5 Å². The highest BCUT2D eigenvalue weighted by atomic mass is 16.6. The van der Waals surface area contributed by atoms with Crippen molar-refractivity contribution in [3.63, 3.8) is 0 Å². The normalized spacial score (nSPS) is 10.1. The first-order chi connectivity index (χ1) is 9.67. The van der Waals surface area contributed by atoms with Crippen molar-refractivity contribution in [2.24, 2.45) is 0 Å². The molecule has 0 aliphatic rings. The number of para-hydroxylation sites is 1. The van der Waals surface area contributed by atoms with E-state index in [0.29, 0.717) is 29.4 Å². The summed E-state index contributed by atoms with van der Waals surface area (Å²) in [5, 5.41) is 14.2. The van der Waals surface area contributed by atoms with Gasteiger partial charge in [0.05, 0.1) is 12.0 Å². The van der Waals surface area contributed by atoms with Crippen molar-refractivity contribution in [2.45, 2.75) is 6.92 Å². The second kappa shape index (κ2) is 6.01. The van der Waals surface area contributed by atoms with Gasteiger partial charge in [0.2, 0.25) is 0 Å². The molecule has 0 atom stereocenters. The maximum absolute atomic E-state index is 11.2. The Bertz CT molecular complexity index is 629. The highest BCUT2D eigenvalue weighted by Gasteiger charge is 2.20. The topological polar surface area (TPSA) is 77.3 Å². The summed E-state index contributed by atoms with van der Waals surface area (Å²) in [6.45, 7) is 2.63. The lowest BCUT2D eigenvalue weighted by atomic mass is 10.1. The number of benzene rings is 1. The monoisotopic (exact) mass is 273 g/mol. The summed E-state index contributed by atoms with van der Waals surface area (Å²) in [5.41, 5.74) is 0.850.